The Morgan fingerprint density at radius 3 is 2.44 bits per heavy atom. The smallest absolute Gasteiger partial charge is 0.116 e. The molecular weight excluding hydrogens is 196 g/mol. The molecular formula is C14H20N2. The summed E-state index contributed by atoms with van der Waals surface area (Å²) in [5.41, 5.74) is 2.98. The van der Waals surface area contributed by atoms with Crippen molar-refractivity contribution in [2.75, 3.05) is 0 Å². The molecule has 0 fully saturated rings. The van der Waals surface area contributed by atoms with E-state index < -0.39 is 0 Å². The first kappa shape index (κ1) is 14.3. The maximum atomic E-state index is 4.20. The zero-order valence-electron chi connectivity index (χ0n) is 10.6. The predicted octanol–water partition coefficient (Wildman–Crippen LogP) is 4.04. The number of nitrogens with zero attached hydrogens (tertiary/aromatic N) is 2. The van der Waals surface area contributed by atoms with Gasteiger partial charge in [0.25, 0.3) is 0 Å². The summed E-state index contributed by atoms with van der Waals surface area (Å²) in [6.07, 6.45) is 11.1. The van der Waals surface area contributed by atoms with Crippen LogP contribution in [0.15, 0.2) is 31.1 Å². The van der Waals surface area contributed by atoms with Gasteiger partial charge in [-0.2, -0.15) is 0 Å². The molecule has 1 aromatic heterocycles. The first-order chi connectivity index (χ1) is 7.79. The highest BCUT2D eigenvalue weighted by Crippen LogP contribution is 2.12. The molecule has 16 heavy (non-hydrogen) atoms. The van der Waals surface area contributed by atoms with E-state index in [0.717, 1.165) is 17.0 Å². The third-order valence-corrected chi connectivity index (χ3v) is 1.84. The fourth-order valence-corrected chi connectivity index (χ4v) is 1.17. The minimum absolute atomic E-state index is 0.926. The number of hydrogen-bond donors (Lipinski definition) is 0. The van der Waals surface area contributed by atoms with Crippen LogP contribution in [0, 0.1) is 6.92 Å². The highest BCUT2D eigenvalue weighted by molar-refractivity contribution is 5.64. The van der Waals surface area contributed by atoms with Crippen molar-refractivity contribution in [3.05, 3.63) is 48.1 Å². The maximum Gasteiger partial charge on any atom is 0.116 e. The zero-order chi connectivity index (χ0) is 12.4. The Labute approximate surface area is 98.5 Å². The summed E-state index contributed by atoms with van der Waals surface area (Å²) in [7, 11) is 0. The largest absolute Gasteiger partial charge is 0.241 e. The molecule has 1 aromatic rings. The van der Waals surface area contributed by atoms with E-state index in [0.29, 0.717) is 0 Å². The Morgan fingerprint density at radius 2 is 1.88 bits per heavy atom. The summed E-state index contributed by atoms with van der Waals surface area (Å²) in [6.45, 7) is 11.6. The van der Waals surface area contributed by atoms with Crippen LogP contribution in [-0.4, -0.2) is 9.97 Å². The molecule has 0 saturated heterocycles. The molecule has 0 spiro atoms. The maximum absolute atomic E-state index is 4.20. The van der Waals surface area contributed by atoms with Crippen molar-refractivity contribution in [2.24, 2.45) is 0 Å². The van der Waals surface area contributed by atoms with E-state index in [-0.39, 0.29) is 0 Å². The lowest BCUT2D eigenvalue weighted by molar-refractivity contribution is 1.08. The van der Waals surface area contributed by atoms with E-state index in [1.165, 1.54) is 0 Å². The lowest BCUT2D eigenvalue weighted by Crippen LogP contribution is -1.93. The van der Waals surface area contributed by atoms with E-state index in [4.69, 9.17) is 0 Å². The number of aryl methyl sites for hydroxylation is 1. The summed E-state index contributed by atoms with van der Waals surface area (Å²) in [6, 6.07) is 0. The minimum Gasteiger partial charge on any atom is -0.241 e. The van der Waals surface area contributed by atoms with Crippen LogP contribution in [0.5, 0.6) is 0 Å². The van der Waals surface area contributed by atoms with Crippen LogP contribution in [0.4, 0.5) is 0 Å². The molecule has 2 heteroatoms. The summed E-state index contributed by atoms with van der Waals surface area (Å²) in [5.74, 6) is 0. The molecule has 0 amide bonds. The van der Waals surface area contributed by atoms with E-state index >= 15 is 0 Å². The van der Waals surface area contributed by atoms with E-state index in [2.05, 4.69) is 16.5 Å². The molecule has 2 nitrogen and oxygen atoms in total. The third kappa shape index (κ3) is 4.22. The van der Waals surface area contributed by atoms with Gasteiger partial charge in [-0.3, -0.25) is 0 Å². The predicted molar refractivity (Wildman–Crippen MR) is 72.1 cm³/mol. The summed E-state index contributed by atoms with van der Waals surface area (Å²) in [5, 5.41) is 0. The minimum atomic E-state index is 0.926. The van der Waals surface area contributed by atoms with Crippen molar-refractivity contribution in [2.45, 2.75) is 27.7 Å². The highest BCUT2D eigenvalue weighted by Gasteiger charge is 2.00. The van der Waals surface area contributed by atoms with Gasteiger partial charge in [0.05, 0.1) is 5.69 Å². The van der Waals surface area contributed by atoms with Gasteiger partial charge in [0.15, 0.2) is 0 Å². The molecule has 1 rings (SSSR count). The van der Waals surface area contributed by atoms with Crippen molar-refractivity contribution in [1.82, 2.24) is 9.97 Å². The average Bonchev–Trinajstić information content (AvgIpc) is 2.33. The molecule has 1 heterocycles. The van der Waals surface area contributed by atoms with Gasteiger partial charge in [-0.1, -0.05) is 44.7 Å². The Morgan fingerprint density at radius 1 is 1.19 bits per heavy atom. The van der Waals surface area contributed by atoms with Crippen molar-refractivity contribution < 1.29 is 0 Å². The molecule has 0 radical (unpaired) electrons. The third-order valence-electron chi connectivity index (χ3n) is 1.84. The van der Waals surface area contributed by atoms with Gasteiger partial charge in [-0.25, -0.2) is 9.97 Å². The van der Waals surface area contributed by atoms with Crippen LogP contribution in [0.3, 0.4) is 0 Å². The monoisotopic (exact) mass is 216 g/mol. The molecule has 0 bridgehead atoms. The van der Waals surface area contributed by atoms with Crippen molar-refractivity contribution in [3.8, 4) is 0 Å². The summed E-state index contributed by atoms with van der Waals surface area (Å²) >= 11 is 0. The zero-order valence-corrected chi connectivity index (χ0v) is 10.6. The average molecular weight is 216 g/mol. The molecule has 0 aromatic carbocycles. The second-order valence-electron chi connectivity index (χ2n) is 2.85. The summed E-state index contributed by atoms with van der Waals surface area (Å²) in [4.78, 5) is 8.34. The Balaban J connectivity index is 0.00000106. The molecule has 0 unspecified atom stereocenters. The van der Waals surface area contributed by atoms with Gasteiger partial charge in [0, 0.05) is 11.3 Å². The van der Waals surface area contributed by atoms with Crippen LogP contribution in [0.2, 0.25) is 0 Å². The standard InChI is InChI=1S/C12H14N2.C2H6/c1-4-6-8-12-11(7-5-2)10(3)13-9-14-12;1-2/h4-9H,1H2,2-3H3;1-2H3/b7-5-,8-6-;. The van der Waals surface area contributed by atoms with Gasteiger partial charge in [-0.15, -0.1) is 0 Å². The highest BCUT2D eigenvalue weighted by atomic mass is 14.8. The lowest BCUT2D eigenvalue weighted by atomic mass is 10.1. The molecule has 0 aliphatic heterocycles. The fraction of sp³-hybridized carbons (Fsp3) is 0.286. The van der Waals surface area contributed by atoms with Crippen molar-refractivity contribution in [1.29, 1.82) is 0 Å². The van der Waals surface area contributed by atoms with E-state index in [9.17, 15) is 0 Å². The number of rotatable bonds is 3. The SMILES string of the molecule is C=C/C=C\c1ncnc(C)c1/C=C\C.CC. The normalized spacial score (nSPS) is 10.2. The molecule has 0 atom stereocenters. The molecule has 0 aliphatic rings. The van der Waals surface area contributed by atoms with Crippen LogP contribution in [0.1, 0.15) is 37.7 Å². The van der Waals surface area contributed by atoms with Crippen LogP contribution in [0.25, 0.3) is 12.2 Å². The van der Waals surface area contributed by atoms with E-state index in [1.54, 1.807) is 12.4 Å². The number of hydrogen-bond acceptors (Lipinski definition) is 2. The Hall–Kier alpha value is -1.70. The fourth-order valence-electron chi connectivity index (χ4n) is 1.17. The van der Waals surface area contributed by atoms with Gasteiger partial charge >= 0.3 is 0 Å². The Bertz CT molecular complexity index is 376. The molecule has 0 aliphatic carbocycles. The first-order valence-corrected chi connectivity index (χ1v) is 5.53. The van der Waals surface area contributed by atoms with Gasteiger partial charge in [0.2, 0.25) is 0 Å². The first-order valence-electron chi connectivity index (χ1n) is 5.53. The lowest BCUT2D eigenvalue weighted by Gasteiger charge is -2.02. The quantitative estimate of drug-likeness (QED) is 0.712. The second kappa shape index (κ2) is 8.60. The van der Waals surface area contributed by atoms with E-state index in [1.807, 2.05) is 52.0 Å². The number of aromatic nitrogens is 2. The topological polar surface area (TPSA) is 25.8 Å². The van der Waals surface area contributed by atoms with Gasteiger partial charge in [-0.05, 0) is 19.9 Å². The van der Waals surface area contributed by atoms with Crippen molar-refractivity contribution in [3.63, 3.8) is 0 Å². The summed E-state index contributed by atoms with van der Waals surface area (Å²) < 4.78 is 0. The van der Waals surface area contributed by atoms with Crippen LogP contribution >= 0.6 is 0 Å². The number of allylic oxidation sites excluding steroid dienone is 3. The van der Waals surface area contributed by atoms with Gasteiger partial charge < -0.3 is 0 Å². The Kier molecular flexibility index (Phi) is 7.68. The molecule has 0 N–H and O–H groups in total. The van der Waals surface area contributed by atoms with Gasteiger partial charge in [0.1, 0.15) is 6.33 Å². The second-order valence-corrected chi connectivity index (χ2v) is 2.85. The van der Waals surface area contributed by atoms with Crippen LogP contribution in [-0.2, 0) is 0 Å². The molecule has 0 saturated carbocycles. The van der Waals surface area contributed by atoms with Crippen molar-refractivity contribution >= 4 is 12.2 Å². The molecule has 86 valence electrons. The van der Waals surface area contributed by atoms with Crippen LogP contribution < -0.4 is 0 Å².